The van der Waals surface area contributed by atoms with Gasteiger partial charge in [-0.25, -0.2) is 9.18 Å². The van der Waals surface area contributed by atoms with Crippen LogP contribution in [0.4, 0.5) is 4.39 Å². The first-order valence-corrected chi connectivity index (χ1v) is 7.28. The van der Waals surface area contributed by atoms with E-state index in [1.165, 1.54) is 18.2 Å². The minimum Gasteiger partial charge on any atom is -0.462 e. The summed E-state index contributed by atoms with van der Waals surface area (Å²) < 4.78 is 23.5. The van der Waals surface area contributed by atoms with E-state index in [2.05, 4.69) is 0 Å². The predicted octanol–water partition coefficient (Wildman–Crippen LogP) is 4.34. The van der Waals surface area contributed by atoms with Gasteiger partial charge < -0.3 is 9.15 Å². The van der Waals surface area contributed by atoms with Crippen LogP contribution in [0.3, 0.4) is 0 Å². The second-order valence-corrected chi connectivity index (χ2v) is 4.87. The lowest BCUT2D eigenvalue weighted by Crippen LogP contribution is -2.07. The first-order chi connectivity index (χ1) is 11.1. The molecule has 0 atom stereocenters. The molecular weight excluding hydrogens is 297 g/mol. The number of carbonyl (C=O) groups excluding carboxylic acids is 1. The topological polar surface area (TPSA) is 63.2 Å². The van der Waals surface area contributed by atoms with Gasteiger partial charge in [0.2, 0.25) is 0 Å². The number of halogens is 1. The van der Waals surface area contributed by atoms with Crippen LogP contribution in [0.15, 0.2) is 46.4 Å². The van der Waals surface area contributed by atoms with Crippen LogP contribution in [-0.4, -0.2) is 12.6 Å². The molecule has 0 amide bonds. The summed E-state index contributed by atoms with van der Waals surface area (Å²) in [6.45, 7) is 2.27. The van der Waals surface area contributed by atoms with Gasteiger partial charge in [-0.05, 0) is 42.8 Å². The number of hydrogen-bond acceptors (Lipinski definition) is 4. The summed E-state index contributed by atoms with van der Waals surface area (Å²) >= 11 is 0. The molecule has 1 heterocycles. The summed E-state index contributed by atoms with van der Waals surface area (Å²) in [4.78, 5) is 11.8. The predicted molar refractivity (Wildman–Crippen MR) is 83.6 cm³/mol. The number of nitriles is 1. The highest BCUT2D eigenvalue weighted by atomic mass is 19.1. The van der Waals surface area contributed by atoms with Crippen LogP contribution in [0.2, 0.25) is 0 Å². The van der Waals surface area contributed by atoms with Gasteiger partial charge in [-0.2, -0.15) is 5.26 Å². The lowest BCUT2D eigenvalue weighted by atomic mass is 10.2. The number of carbonyl (C=O) groups is 1. The average Bonchev–Trinajstić information content (AvgIpc) is 3.02. The Morgan fingerprint density at radius 3 is 2.70 bits per heavy atom. The monoisotopic (exact) mass is 313 g/mol. The maximum absolute atomic E-state index is 12.9. The maximum atomic E-state index is 12.9. The van der Waals surface area contributed by atoms with E-state index in [9.17, 15) is 9.18 Å². The smallest absolute Gasteiger partial charge is 0.349 e. The van der Waals surface area contributed by atoms with Gasteiger partial charge in [-0.3, -0.25) is 0 Å². The third kappa shape index (κ3) is 4.55. The van der Waals surface area contributed by atoms with Gasteiger partial charge in [0.1, 0.15) is 29.0 Å². The number of esters is 1. The third-order valence-electron chi connectivity index (χ3n) is 3.11. The highest BCUT2D eigenvalue weighted by molar-refractivity contribution is 5.97. The molecule has 0 aliphatic carbocycles. The number of unbranched alkanes of at least 4 members (excludes halogenated alkanes) is 1. The van der Waals surface area contributed by atoms with Crippen molar-refractivity contribution in [2.75, 3.05) is 6.61 Å². The van der Waals surface area contributed by atoms with Crippen molar-refractivity contribution >= 4 is 12.0 Å². The van der Waals surface area contributed by atoms with Gasteiger partial charge in [0.05, 0.1) is 6.61 Å². The lowest BCUT2D eigenvalue weighted by Gasteiger charge is -2.01. The van der Waals surface area contributed by atoms with E-state index in [0.29, 0.717) is 17.1 Å². The molecule has 5 heteroatoms. The van der Waals surface area contributed by atoms with Gasteiger partial charge >= 0.3 is 5.97 Å². The highest BCUT2D eigenvalue weighted by Gasteiger charge is 2.12. The first kappa shape index (κ1) is 16.5. The summed E-state index contributed by atoms with van der Waals surface area (Å²) in [6, 6.07) is 11.0. The molecule has 2 aromatic rings. The molecule has 0 aliphatic heterocycles. The normalized spacial score (nSPS) is 11.1. The van der Waals surface area contributed by atoms with Crippen LogP contribution in [0.25, 0.3) is 17.4 Å². The van der Waals surface area contributed by atoms with Gasteiger partial charge in [0.15, 0.2) is 0 Å². The molecule has 0 N–H and O–H groups in total. The molecule has 0 aliphatic rings. The van der Waals surface area contributed by atoms with Crippen LogP contribution < -0.4 is 0 Å². The molecule has 23 heavy (non-hydrogen) atoms. The van der Waals surface area contributed by atoms with Gasteiger partial charge in [0, 0.05) is 11.6 Å². The van der Waals surface area contributed by atoms with Gasteiger partial charge in [-0.1, -0.05) is 13.3 Å². The molecule has 4 nitrogen and oxygen atoms in total. The fraction of sp³-hybridized carbons (Fsp3) is 0.222. The summed E-state index contributed by atoms with van der Waals surface area (Å²) in [5.41, 5.74) is 0.580. The van der Waals surface area contributed by atoms with Crippen LogP contribution in [0, 0.1) is 17.1 Å². The first-order valence-electron chi connectivity index (χ1n) is 7.28. The molecule has 0 unspecified atom stereocenters. The zero-order valence-corrected chi connectivity index (χ0v) is 12.7. The molecule has 118 valence electrons. The Balaban J connectivity index is 2.13. The minimum atomic E-state index is -0.666. The Hall–Kier alpha value is -2.87. The molecule has 0 saturated carbocycles. The highest BCUT2D eigenvalue weighted by Crippen LogP contribution is 2.23. The zero-order chi connectivity index (χ0) is 16.7. The van der Waals surface area contributed by atoms with E-state index >= 15 is 0 Å². The standard InChI is InChI=1S/C18H16FNO3/c1-2-3-10-22-18(21)14(12-20)11-16-8-9-17(23-16)13-4-6-15(19)7-5-13/h4-9,11H,2-3,10H2,1H3/b14-11+. The van der Waals surface area contributed by atoms with E-state index in [4.69, 9.17) is 14.4 Å². The Bertz CT molecular complexity index is 738. The number of hydrogen-bond donors (Lipinski definition) is 0. The lowest BCUT2D eigenvalue weighted by molar-refractivity contribution is -0.138. The van der Waals surface area contributed by atoms with Crippen LogP contribution >= 0.6 is 0 Å². The fourth-order valence-corrected chi connectivity index (χ4v) is 1.87. The average molecular weight is 313 g/mol. The molecule has 0 spiro atoms. The van der Waals surface area contributed by atoms with Crippen molar-refractivity contribution < 1.29 is 18.3 Å². The van der Waals surface area contributed by atoms with Crippen LogP contribution in [0.5, 0.6) is 0 Å². The van der Waals surface area contributed by atoms with Crippen LogP contribution in [-0.2, 0) is 9.53 Å². The van der Waals surface area contributed by atoms with Crippen molar-refractivity contribution in [2.45, 2.75) is 19.8 Å². The van der Waals surface area contributed by atoms with E-state index in [1.807, 2.05) is 13.0 Å². The van der Waals surface area contributed by atoms with Crippen molar-refractivity contribution in [1.82, 2.24) is 0 Å². The van der Waals surface area contributed by atoms with E-state index < -0.39 is 5.97 Å². The minimum absolute atomic E-state index is 0.124. The van der Waals surface area contributed by atoms with Crippen molar-refractivity contribution in [3.8, 4) is 17.4 Å². The van der Waals surface area contributed by atoms with Crippen molar-refractivity contribution in [3.05, 3.63) is 53.5 Å². The van der Waals surface area contributed by atoms with Gasteiger partial charge in [0.25, 0.3) is 0 Å². The second-order valence-electron chi connectivity index (χ2n) is 4.87. The SMILES string of the molecule is CCCCOC(=O)/C(C#N)=C/c1ccc(-c2ccc(F)cc2)o1. The third-order valence-corrected chi connectivity index (χ3v) is 3.11. The summed E-state index contributed by atoms with van der Waals surface area (Å²) in [7, 11) is 0. The number of nitrogens with zero attached hydrogens (tertiary/aromatic N) is 1. The molecule has 1 aromatic carbocycles. The van der Waals surface area contributed by atoms with Gasteiger partial charge in [-0.15, -0.1) is 0 Å². The van der Waals surface area contributed by atoms with Crippen LogP contribution in [0.1, 0.15) is 25.5 Å². The molecule has 2 rings (SSSR count). The molecule has 0 fully saturated rings. The van der Waals surface area contributed by atoms with Crippen molar-refractivity contribution in [1.29, 1.82) is 5.26 Å². The van der Waals surface area contributed by atoms with E-state index in [-0.39, 0.29) is 18.0 Å². The summed E-state index contributed by atoms with van der Waals surface area (Å²) in [6.07, 6.45) is 2.99. The molecule has 0 radical (unpaired) electrons. The summed E-state index contributed by atoms with van der Waals surface area (Å²) in [5.74, 6) is -0.121. The zero-order valence-electron chi connectivity index (χ0n) is 12.7. The molecular formula is C18H16FNO3. The number of furan rings is 1. The Morgan fingerprint density at radius 1 is 1.30 bits per heavy atom. The molecule has 0 saturated heterocycles. The quantitative estimate of drug-likeness (QED) is 0.344. The number of benzene rings is 1. The van der Waals surface area contributed by atoms with E-state index in [0.717, 1.165) is 12.8 Å². The van der Waals surface area contributed by atoms with Crippen molar-refractivity contribution in [3.63, 3.8) is 0 Å². The maximum Gasteiger partial charge on any atom is 0.349 e. The Morgan fingerprint density at radius 2 is 2.04 bits per heavy atom. The molecule has 0 bridgehead atoms. The Labute approximate surface area is 133 Å². The van der Waals surface area contributed by atoms with Crippen molar-refractivity contribution in [2.24, 2.45) is 0 Å². The Kier molecular flexibility index (Phi) is 5.70. The largest absolute Gasteiger partial charge is 0.462 e. The van der Waals surface area contributed by atoms with E-state index in [1.54, 1.807) is 24.3 Å². The summed E-state index contributed by atoms with van der Waals surface area (Å²) in [5, 5.41) is 9.07. The molecule has 1 aromatic heterocycles. The fourth-order valence-electron chi connectivity index (χ4n) is 1.87. The number of ether oxygens (including phenoxy) is 1. The second kappa shape index (κ2) is 7.95. The number of rotatable bonds is 6.